The van der Waals surface area contributed by atoms with E-state index >= 15 is 0 Å². The van der Waals surface area contributed by atoms with E-state index in [0.717, 1.165) is 34.5 Å². The molecule has 24 heavy (non-hydrogen) atoms. The Labute approximate surface area is 141 Å². The number of nitrogens with zero attached hydrogens (tertiary/aromatic N) is 2. The molecule has 1 rings (SSSR count). The third kappa shape index (κ3) is 6.22. The van der Waals surface area contributed by atoms with Crippen LogP contribution in [0.4, 0.5) is 0 Å². The second-order valence-electron chi connectivity index (χ2n) is 5.76. The van der Waals surface area contributed by atoms with Crippen LogP contribution in [0, 0.1) is 0 Å². The van der Waals surface area contributed by atoms with Gasteiger partial charge in [-0.25, -0.2) is 4.79 Å². The minimum absolute atomic E-state index is 0.0136. The van der Waals surface area contributed by atoms with E-state index in [4.69, 9.17) is 4.74 Å². The van der Waals surface area contributed by atoms with Crippen LogP contribution in [0.2, 0.25) is 0 Å². The van der Waals surface area contributed by atoms with Gasteiger partial charge in [0.2, 0.25) is 5.88 Å². The number of hydrogen-bond donors (Lipinski definition) is 1. The van der Waals surface area contributed by atoms with Crippen LogP contribution >= 0.6 is 0 Å². The summed E-state index contributed by atoms with van der Waals surface area (Å²) in [4.78, 5) is 35.3. The minimum atomic E-state index is -0.619. The highest BCUT2D eigenvalue weighted by atomic mass is 16.5. The zero-order chi connectivity index (χ0) is 17.9. The normalized spacial score (nSPS) is 10.8. The molecule has 0 aliphatic carbocycles. The fourth-order valence-electron chi connectivity index (χ4n) is 2.45. The van der Waals surface area contributed by atoms with Crippen molar-refractivity contribution in [3.8, 4) is 5.88 Å². The molecule has 7 nitrogen and oxygen atoms in total. The Morgan fingerprint density at radius 2 is 1.75 bits per heavy atom. The fourth-order valence-corrected chi connectivity index (χ4v) is 2.45. The molecule has 1 heterocycles. The van der Waals surface area contributed by atoms with Gasteiger partial charge in [0.25, 0.3) is 5.56 Å². The van der Waals surface area contributed by atoms with Crippen molar-refractivity contribution in [1.82, 2.24) is 9.13 Å². The average molecular weight is 340 g/mol. The van der Waals surface area contributed by atoms with Crippen LogP contribution < -0.4 is 11.2 Å². The average Bonchev–Trinajstić information content (AvgIpc) is 2.54. The third-order valence-electron chi connectivity index (χ3n) is 3.87. The van der Waals surface area contributed by atoms with Crippen molar-refractivity contribution in [2.24, 2.45) is 0 Å². The molecule has 0 fully saturated rings. The first-order valence-corrected chi connectivity index (χ1v) is 8.70. The van der Waals surface area contributed by atoms with Crippen molar-refractivity contribution in [1.29, 1.82) is 0 Å². The summed E-state index contributed by atoms with van der Waals surface area (Å²) >= 11 is 0. The number of carbonyl (C=O) groups is 1. The number of unbranched alkanes of at least 4 members (excludes halogenated alkanes) is 5. The van der Waals surface area contributed by atoms with Gasteiger partial charge in [0.05, 0.1) is 19.1 Å². The van der Waals surface area contributed by atoms with Crippen molar-refractivity contribution < 1.29 is 14.6 Å². The van der Waals surface area contributed by atoms with Crippen LogP contribution in [0.3, 0.4) is 0 Å². The molecule has 0 aliphatic rings. The largest absolute Gasteiger partial charge is 0.494 e. The topological polar surface area (TPSA) is 90.5 Å². The highest BCUT2D eigenvalue weighted by Gasteiger charge is 2.11. The molecule has 1 aromatic rings. The van der Waals surface area contributed by atoms with Gasteiger partial charge in [-0.2, -0.15) is 0 Å². The zero-order valence-electron chi connectivity index (χ0n) is 14.6. The number of rotatable bonds is 11. The summed E-state index contributed by atoms with van der Waals surface area (Å²) in [5.41, 5.74) is -1.17. The van der Waals surface area contributed by atoms with Crippen LogP contribution in [0.1, 0.15) is 58.8 Å². The van der Waals surface area contributed by atoms with E-state index in [0.29, 0.717) is 6.61 Å². The molecule has 0 spiro atoms. The van der Waals surface area contributed by atoms with Crippen molar-refractivity contribution >= 4 is 5.97 Å². The first-order chi connectivity index (χ1) is 11.5. The van der Waals surface area contributed by atoms with Gasteiger partial charge in [0.15, 0.2) is 0 Å². The highest BCUT2D eigenvalue weighted by Crippen LogP contribution is 2.06. The first-order valence-electron chi connectivity index (χ1n) is 8.70. The maximum Gasteiger partial charge on any atom is 0.333 e. The Morgan fingerprint density at radius 1 is 1.08 bits per heavy atom. The summed E-state index contributed by atoms with van der Waals surface area (Å²) in [6.45, 7) is 4.40. The van der Waals surface area contributed by atoms with Crippen molar-refractivity contribution in [3.05, 3.63) is 26.9 Å². The third-order valence-corrected chi connectivity index (χ3v) is 3.87. The molecule has 136 valence electrons. The molecule has 0 aliphatic heterocycles. The standard InChI is InChI=1S/C17H28N2O5/c1-3-5-6-7-8-9-12-24-16(22)10-11-19-15(21)13-14(20)18(4-2)17(19)23/h13,21H,3-12H2,1-2H3. The molecule has 0 saturated heterocycles. The molecular formula is C17H28N2O5. The minimum Gasteiger partial charge on any atom is -0.494 e. The summed E-state index contributed by atoms with van der Waals surface area (Å²) in [6, 6.07) is 0.979. The Kier molecular flexibility index (Phi) is 8.89. The van der Waals surface area contributed by atoms with E-state index in [2.05, 4.69) is 6.92 Å². The van der Waals surface area contributed by atoms with Gasteiger partial charge >= 0.3 is 11.7 Å². The Bertz CT molecular complexity index is 633. The molecule has 1 N–H and O–H groups in total. The van der Waals surface area contributed by atoms with E-state index in [9.17, 15) is 19.5 Å². The highest BCUT2D eigenvalue weighted by molar-refractivity contribution is 5.69. The lowest BCUT2D eigenvalue weighted by molar-refractivity contribution is -0.144. The molecule has 0 aromatic carbocycles. The summed E-state index contributed by atoms with van der Waals surface area (Å²) in [5, 5.41) is 9.72. The second-order valence-corrected chi connectivity index (χ2v) is 5.76. The molecule has 0 saturated carbocycles. The summed E-state index contributed by atoms with van der Waals surface area (Å²) < 4.78 is 7.14. The number of carbonyl (C=O) groups excluding carboxylic acids is 1. The van der Waals surface area contributed by atoms with E-state index < -0.39 is 23.1 Å². The predicted octanol–water partition coefficient (Wildman–Crippen LogP) is 2.03. The molecule has 0 radical (unpaired) electrons. The fraction of sp³-hybridized carbons (Fsp3) is 0.706. The monoisotopic (exact) mass is 340 g/mol. The van der Waals surface area contributed by atoms with Gasteiger partial charge in [0.1, 0.15) is 0 Å². The van der Waals surface area contributed by atoms with Gasteiger partial charge in [-0.05, 0) is 13.3 Å². The summed E-state index contributed by atoms with van der Waals surface area (Å²) in [6.07, 6.45) is 6.64. The molecule has 0 unspecified atom stereocenters. The van der Waals surface area contributed by atoms with E-state index in [-0.39, 0.29) is 19.5 Å². The molecular weight excluding hydrogens is 312 g/mol. The lowest BCUT2D eigenvalue weighted by atomic mass is 10.1. The SMILES string of the molecule is CCCCCCCCOC(=O)CCn1c(O)cc(=O)n(CC)c1=O. The van der Waals surface area contributed by atoms with E-state index in [1.807, 2.05) is 0 Å². The van der Waals surface area contributed by atoms with Crippen LogP contribution in [0.25, 0.3) is 0 Å². The number of aromatic hydroxyl groups is 1. The van der Waals surface area contributed by atoms with Crippen molar-refractivity contribution in [2.45, 2.75) is 71.9 Å². The van der Waals surface area contributed by atoms with Crippen LogP contribution in [0.5, 0.6) is 5.88 Å². The van der Waals surface area contributed by atoms with Crippen LogP contribution in [-0.4, -0.2) is 26.8 Å². The van der Waals surface area contributed by atoms with Crippen LogP contribution in [-0.2, 0) is 22.6 Å². The van der Waals surface area contributed by atoms with Gasteiger partial charge in [-0.15, -0.1) is 0 Å². The molecule has 7 heteroatoms. The number of hydrogen-bond acceptors (Lipinski definition) is 5. The molecule has 0 amide bonds. The van der Waals surface area contributed by atoms with Crippen LogP contribution in [0.15, 0.2) is 15.7 Å². The van der Waals surface area contributed by atoms with Gasteiger partial charge in [-0.3, -0.25) is 18.7 Å². The van der Waals surface area contributed by atoms with E-state index in [1.165, 1.54) is 19.3 Å². The quantitative estimate of drug-likeness (QED) is 0.492. The zero-order valence-corrected chi connectivity index (χ0v) is 14.6. The lowest BCUT2D eigenvalue weighted by Crippen LogP contribution is -2.39. The summed E-state index contributed by atoms with van der Waals surface area (Å²) in [5.74, 6) is -0.845. The van der Waals surface area contributed by atoms with Crippen molar-refractivity contribution in [3.63, 3.8) is 0 Å². The lowest BCUT2D eigenvalue weighted by Gasteiger charge is -2.10. The molecule has 0 bridgehead atoms. The van der Waals surface area contributed by atoms with Gasteiger partial charge in [-0.1, -0.05) is 39.0 Å². The number of ether oxygens (including phenoxy) is 1. The molecule has 1 aromatic heterocycles. The van der Waals surface area contributed by atoms with E-state index in [1.54, 1.807) is 6.92 Å². The Balaban J connectivity index is 2.40. The second kappa shape index (κ2) is 10.7. The summed E-state index contributed by atoms with van der Waals surface area (Å²) in [7, 11) is 0. The number of aromatic nitrogens is 2. The maximum absolute atomic E-state index is 12.1. The van der Waals surface area contributed by atoms with Gasteiger partial charge in [0, 0.05) is 13.1 Å². The Morgan fingerprint density at radius 3 is 2.42 bits per heavy atom. The smallest absolute Gasteiger partial charge is 0.333 e. The Hall–Kier alpha value is -2.05. The maximum atomic E-state index is 12.1. The molecule has 0 atom stereocenters. The first kappa shape index (κ1) is 20.0. The number of esters is 1. The predicted molar refractivity (Wildman–Crippen MR) is 91.3 cm³/mol. The van der Waals surface area contributed by atoms with Crippen molar-refractivity contribution in [2.75, 3.05) is 6.61 Å². The van der Waals surface area contributed by atoms with Gasteiger partial charge < -0.3 is 9.84 Å².